The van der Waals surface area contributed by atoms with Gasteiger partial charge in [-0.3, -0.25) is 9.78 Å². The maximum Gasteiger partial charge on any atom is 0.252 e. The lowest BCUT2D eigenvalue weighted by Crippen LogP contribution is -2.46. The smallest absolute Gasteiger partial charge is 0.252 e. The fourth-order valence-corrected chi connectivity index (χ4v) is 3.49. The van der Waals surface area contributed by atoms with Gasteiger partial charge in [-0.2, -0.15) is 0 Å². The molecule has 2 N–H and O–H groups in total. The number of nitrogens with one attached hydrogen (secondary N) is 2. The normalized spacial score (nSPS) is 16.5. The molecule has 0 unspecified atom stereocenters. The topological polar surface area (TPSA) is 54.0 Å². The van der Waals surface area contributed by atoms with Crippen molar-refractivity contribution in [2.75, 3.05) is 19.6 Å². The molecular formula is C19H22ClN3O. The van der Waals surface area contributed by atoms with E-state index in [4.69, 9.17) is 11.6 Å². The highest BCUT2D eigenvalue weighted by molar-refractivity contribution is 6.33. The van der Waals surface area contributed by atoms with E-state index in [1.807, 2.05) is 30.5 Å². The van der Waals surface area contributed by atoms with Crippen LogP contribution in [-0.2, 0) is 6.42 Å². The van der Waals surface area contributed by atoms with Crippen molar-refractivity contribution < 1.29 is 4.79 Å². The van der Waals surface area contributed by atoms with Crippen LogP contribution in [0, 0.1) is 5.41 Å². The molecule has 1 amide bonds. The van der Waals surface area contributed by atoms with E-state index in [1.165, 1.54) is 0 Å². The van der Waals surface area contributed by atoms with Crippen LogP contribution in [0.25, 0.3) is 0 Å². The number of nitrogens with zero attached hydrogens (tertiary/aromatic N) is 1. The third-order valence-electron chi connectivity index (χ3n) is 4.69. The molecule has 24 heavy (non-hydrogen) atoms. The van der Waals surface area contributed by atoms with Gasteiger partial charge in [0.25, 0.3) is 5.91 Å². The molecule has 1 fully saturated rings. The SMILES string of the molecule is O=C(NCC1(Cc2ccccn2)CCNCC1)c1ccccc1Cl. The Morgan fingerprint density at radius 1 is 1.17 bits per heavy atom. The van der Waals surface area contributed by atoms with Crippen LogP contribution >= 0.6 is 11.6 Å². The van der Waals surface area contributed by atoms with Crippen molar-refractivity contribution in [3.63, 3.8) is 0 Å². The zero-order chi connectivity index (χ0) is 16.8. The molecule has 0 saturated carbocycles. The third-order valence-corrected chi connectivity index (χ3v) is 5.02. The van der Waals surface area contributed by atoms with Gasteiger partial charge in [0.15, 0.2) is 0 Å². The van der Waals surface area contributed by atoms with Crippen LogP contribution in [0.4, 0.5) is 0 Å². The molecule has 1 aliphatic heterocycles. The van der Waals surface area contributed by atoms with E-state index < -0.39 is 0 Å². The standard InChI is InChI=1S/C19H22ClN3O/c20-17-7-2-1-6-16(17)18(24)23-14-19(8-11-21-12-9-19)13-15-5-3-4-10-22-15/h1-7,10,21H,8-9,11-14H2,(H,23,24). The fraction of sp³-hybridized carbons (Fsp3) is 0.368. The summed E-state index contributed by atoms with van der Waals surface area (Å²) in [6.07, 6.45) is 4.74. The predicted molar refractivity (Wildman–Crippen MR) is 96.3 cm³/mol. The average molecular weight is 344 g/mol. The van der Waals surface area contributed by atoms with Crippen LogP contribution in [0.1, 0.15) is 28.9 Å². The number of carbonyl (C=O) groups is 1. The minimum atomic E-state index is -0.112. The molecule has 5 heteroatoms. The lowest BCUT2D eigenvalue weighted by molar-refractivity contribution is 0.0912. The van der Waals surface area contributed by atoms with Gasteiger partial charge < -0.3 is 10.6 Å². The second-order valence-corrected chi connectivity index (χ2v) is 6.82. The largest absolute Gasteiger partial charge is 0.351 e. The number of amides is 1. The van der Waals surface area contributed by atoms with Crippen LogP contribution < -0.4 is 10.6 Å². The Hall–Kier alpha value is -1.91. The zero-order valence-corrected chi connectivity index (χ0v) is 14.4. The molecule has 0 spiro atoms. The fourth-order valence-electron chi connectivity index (χ4n) is 3.27. The van der Waals surface area contributed by atoms with E-state index >= 15 is 0 Å². The minimum Gasteiger partial charge on any atom is -0.351 e. The summed E-state index contributed by atoms with van der Waals surface area (Å²) < 4.78 is 0. The Morgan fingerprint density at radius 2 is 1.92 bits per heavy atom. The number of carbonyl (C=O) groups excluding carboxylic acids is 1. The third kappa shape index (κ3) is 4.13. The van der Waals surface area contributed by atoms with Crippen LogP contribution in [0.3, 0.4) is 0 Å². The van der Waals surface area contributed by atoms with Gasteiger partial charge in [-0.1, -0.05) is 29.8 Å². The van der Waals surface area contributed by atoms with Crippen molar-refractivity contribution in [2.24, 2.45) is 5.41 Å². The summed E-state index contributed by atoms with van der Waals surface area (Å²) in [7, 11) is 0. The first-order chi connectivity index (χ1) is 11.7. The summed E-state index contributed by atoms with van der Waals surface area (Å²) in [5, 5.41) is 6.98. The summed E-state index contributed by atoms with van der Waals surface area (Å²) in [4.78, 5) is 16.9. The summed E-state index contributed by atoms with van der Waals surface area (Å²) >= 11 is 6.12. The molecule has 126 valence electrons. The molecule has 0 bridgehead atoms. The zero-order valence-electron chi connectivity index (χ0n) is 13.6. The Kier molecular flexibility index (Phi) is 5.48. The number of aromatic nitrogens is 1. The highest BCUT2D eigenvalue weighted by Gasteiger charge is 2.33. The van der Waals surface area contributed by atoms with Crippen molar-refractivity contribution in [2.45, 2.75) is 19.3 Å². The van der Waals surface area contributed by atoms with E-state index in [9.17, 15) is 4.79 Å². The highest BCUT2D eigenvalue weighted by atomic mass is 35.5. The number of halogens is 1. The number of rotatable bonds is 5. The first-order valence-corrected chi connectivity index (χ1v) is 8.70. The molecule has 1 saturated heterocycles. The summed E-state index contributed by atoms with van der Waals surface area (Å²) in [5.74, 6) is -0.112. The number of hydrogen-bond donors (Lipinski definition) is 2. The van der Waals surface area contributed by atoms with E-state index in [-0.39, 0.29) is 11.3 Å². The summed E-state index contributed by atoms with van der Waals surface area (Å²) in [6, 6.07) is 13.1. The quantitative estimate of drug-likeness (QED) is 0.877. The van der Waals surface area contributed by atoms with Gasteiger partial charge in [-0.25, -0.2) is 0 Å². The van der Waals surface area contributed by atoms with Crippen LogP contribution in [0.15, 0.2) is 48.7 Å². The molecule has 4 nitrogen and oxygen atoms in total. The van der Waals surface area contributed by atoms with E-state index in [2.05, 4.69) is 21.7 Å². The molecule has 1 aromatic carbocycles. The van der Waals surface area contributed by atoms with Crippen LogP contribution in [0.2, 0.25) is 5.02 Å². The van der Waals surface area contributed by atoms with Crippen LogP contribution in [-0.4, -0.2) is 30.5 Å². The highest BCUT2D eigenvalue weighted by Crippen LogP contribution is 2.32. The molecule has 2 heterocycles. The maximum absolute atomic E-state index is 12.5. The monoisotopic (exact) mass is 343 g/mol. The minimum absolute atomic E-state index is 0.0382. The molecule has 1 aliphatic rings. The second-order valence-electron chi connectivity index (χ2n) is 6.41. The van der Waals surface area contributed by atoms with E-state index in [0.717, 1.165) is 38.0 Å². The maximum atomic E-state index is 12.5. The molecule has 1 aromatic heterocycles. The van der Waals surface area contributed by atoms with E-state index in [1.54, 1.807) is 12.1 Å². The van der Waals surface area contributed by atoms with Crippen LogP contribution in [0.5, 0.6) is 0 Å². The number of hydrogen-bond acceptors (Lipinski definition) is 3. The lowest BCUT2D eigenvalue weighted by Gasteiger charge is -2.37. The van der Waals surface area contributed by atoms with Crippen molar-refractivity contribution in [3.8, 4) is 0 Å². The Bertz CT molecular complexity index is 684. The van der Waals surface area contributed by atoms with Gasteiger partial charge in [0, 0.05) is 18.4 Å². The van der Waals surface area contributed by atoms with Crippen molar-refractivity contribution in [1.82, 2.24) is 15.6 Å². The Morgan fingerprint density at radius 3 is 2.62 bits per heavy atom. The number of piperidine rings is 1. The van der Waals surface area contributed by atoms with Crippen molar-refractivity contribution >= 4 is 17.5 Å². The summed E-state index contributed by atoms with van der Waals surface area (Å²) in [5.41, 5.74) is 1.64. The molecular weight excluding hydrogens is 322 g/mol. The molecule has 0 atom stereocenters. The first kappa shape index (κ1) is 16.9. The van der Waals surface area contributed by atoms with Gasteiger partial charge >= 0.3 is 0 Å². The van der Waals surface area contributed by atoms with Gasteiger partial charge in [0.1, 0.15) is 0 Å². The van der Waals surface area contributed by atoms with Gasteiger partial charge in [-0.05, 0) is 62.0 Å². The van der Waals surface area contributed by atoms with Gasteiger partial charge in [-0.15, -0.1) is 0 Å². The number of pyridine rings is 1. The van der Waals surface area contributed by atoms with Crippen molar-refractivity contribution in [3.05, 3.63) is 64.9 Å². The number of benzene rings is 1. The summed E-state index contributed by atoms with van der Waals surface area (Å²) in [6.45, 7) is 2.57. The molecule has 0 radical (unpaired) electrons. The average Bonchev–Trinajstić information content (AvgIpc) is 2.62. The van der Waals surface area contributed by atoms with Crippen molar-refractivity contribution in [1.29, 1.82) is 0 Å². The van der Waals surface area contributed by atoms with Gasteiger partial charge in [0.2, 0.25) is 0 Å². The second kappa shape index (κ2) is 7.77. The molecule has 2 aromatic rings. The molecule has 0 aliphatic carbocycles. The molecule has 3 rings (SSSR count). The first-order valence-electron chi connectivity index (χ1n) is 8.32. The lowest BCUT2D eigenvalue weighted by atomic mass is 9.75. The van der Waals surface area contributed by atoms with E-state index in [0.29, 0.717) is 17.1 Å². The van der Waals surface area contributed by atoms with Gasteiger partial charge in [0.05, 0.1) is 10.6 Å². The Balaban J connectivity index is 1.70. The predicted octanol–water partition coefficient (Wildman–Crippen LogP) is 3.08. The Labute approximate surface area is 147 Å².